The van der Waals surface area contributed by atoms with Crippen molar-refractivity contribution in [3.05, 3.63) is 23.3 Å². The third kappa shape index (κ3) is 3.85. The molecule has 0 aliphatic heterocycles. The molecule has 0 aliphatic rings. The lowest BCUT2D eigenvalue weighted by molar-refractivity contribution is 0.551. The summed E-state index contributed by atoms with van der Waals surface area (Å²) in [7, 11) is 1.76. The number of nitrogens with zero attached hydrogens (tertiary/aromatic N) is 6. The van der Waals surface area contributed by atoms with Crippen molar-refractivity contribution in [2.24, 2.45) is 13.0 Å². The first kappa shape index (κ1) is 13.7. The summed E-state index contributed by atoms with van der Waals surface area (Å²) in [4.78, 5) is 1.46. The molecule has 2 rings (SSSR count). The van der Waals surface area contributed by atoms with Gasteiger partial charge in [0.25, 0.3) is 0 Å². The van der Waals surface area contributed by atoms with Crippen LogP contribution in [0.4, 0.5) is 0 Å². The quantitative estimate of drug-likeness (QED) is 0.822. The van der Waals surface area contributed by atoms with Gasteiger partial charge in [0.1, 0.15) is 6.54 Å². The summed E-state index contributed by atoms with van der Waals surface area (Å²) < 4.78 is 1.86. The zero-order valence-electron chi connectivity index (χ0n) is 12.0. The lowest BCUT2D eigenvalue weighted by atomic mass is 10.2. The Balaban J connectivity index is 1.96. The van der Waals surface area contributed by atoms with Crippen LogP contribution < -0.4 is 5.32 Å². The summed E-state index contributed by atoms with van der Waals surface area (Å²) in [5.41, 5.74) is 2.25. The van der Waals surface area contributed by atoms with Gasteiger partial charge < -0.3 is 5.32 Å². The van der Waals surface area contributed by atoms with Crippen LogP contribution in [0, 0.1) is 12.8 Å². The van der Waals surface area contributed by atoms with Crippen LogP contribution in [0.2, 0.25) is 0 Å². The number of aryl methyl sites for hydroxylation is 2. The van der Waals surface area contributed by atoms with Gasteiger partial charge in [0, 0.05) is 18.3 Å². The predicted molar refractivity (Wildman–Crippen MR) is 71.4 cm³/mol. The van der Waals surface area contributed by atoms with E-state index in [-0.39, 0.29) is 0 Å². The largest absolute Gasteiger partial charge is 0.312 e. The minimum absolute atomic E-state index is 0.554. The van der Waals surface area contributed by atoms with Gasteiger partial charge in [-0.15, -0.1) is 10.2 Å². The Morgan fingerprint density at radius 2 is 2.11 bits per heavy atom. The maximum Gasteiger partial charge on any atom is 0.196 e. The van der Waals surface area contributed by atoms with Crippen molar-refractivity contribution in [3.8, 4) is 0 Å². The van der Waals surface area contributed by atoms with Gasteiger partial charge in [0.2, 0.25) is 0 Å². The lowest BCUT2D eigenvalue weighted by Crippen LogP contribution is -2.19. The van der Waals surface area contributed by atoms with Crippen LogP contribution in [0.3, 0.4) is 0 Å². The Morgan fingerprint density at radius 3 is 2.74 bits per heavy atom. The van der Waals surface area contributed by atoms with Crippen molar-refractivity contribution in [1.29, 1.82) is 0 Å². The molecule has 2 aromatic heterocycles. The van der Waals surface area contributed by atoms with Crippen LogP contribution in [0.1, 0.15) is 30.9 Å². The summed E-state index contributed by atoms with van der Waals surface area (Å²) >= 11 is 0. The third-order valence-corrected chi connectivity index (χ3v) is 2.77. The number of hydrogen-bond donors (Lipinski definition) is 1. The summed E-state index contributed by atoms with van der Waals surface area (Å²) in [5.74, 6) is 1.32. The highest BCUT2D eigenvalue weighted by molar-refractivity contribution is 5.15. The molecule has 0 atom stereocenters. The first-order valence-corrected chi connectivity index (χ1v) is 6.51. The molecule has 0 radical (unpaired) electrons. The van der Waals surface area contributed by atoms with E-state index in [2.05, 4.69) is 39.7 Å². The maximum atomic E-state index is 4.47. The molecule has 104 valence electrons. The minimum Gasteiger partial charge on any atom is -0.312 e. The molecule has 0 saturated carbocycles. The fourth-order valence-corrected chi connectivity index (χ4v) is 1.84. The van der Waals surface area contributed by atoms with Gasteiger partial charge >= 0.3 is 0 Å². The average Bonchev–Trinajstić information content (AvgIpc) is 2.86. The van der Waals surface area contributed by atoms with Gasteiger partial charge in [-0.05, 0) is 24.6 Å². The van der Waals surface area contributed by atoms with E-state index in [0.717, 1.165) is 18.8 Å². The zero-order chi connectivity index (χ0) is 13.8. The van der Waals surface area contributed by atoms with Crippen molar-refractivity contribution < 1.29 is 0 Å². The second-order valence-electron chi connectivity index (χ2n) is 5.16. The second-order valence-corrected chi connectivity index (χ2v) is 5.16. The number of hydrogen-bond acceptors (Lipinski definition) is 5. The van der Waals surface area contributed by atoms with Gasteiger partial charge in [0.15, 0.2) is 5.82 Å². The second kappa shape index (κ2) is 5.92. The standard InChI is InChI=1S/C12H21N7/c1-9(2)5-13-6-11-7-19(15-10(11)3)8-12-14-17-18(4)16-12/h7,9,13H,5-6,8H2,1-4H3. The minimum atomic E-state index is 0.554. The van der Waals surface area contributed by atoms with E-state index in [0.29, 0.717) is 18.3 Å². The molecular weight excluding hydrogens is 242 g/mol. The normalized spacial score (nSPS) is 11.4. The van der Waals surface area contributed by atoms with Gasteiger partial charge in [-0.3, -0.25) is 4.68 Å². The predicted octanol–water partition coefficient (Wildman–Crippen LogP) is 0.509. The van der Waals surface area contributed by atoms with Crippen LogP contribution in [0.25, 0.3) is 0 Å². The molecule has 19 heavy (non-hydrogen) atoms. The Labute approximate surface area is 113 Å². The topological polar surface area (TPSA) is 73.5 Å². The molecule has 2 aromatic rings. The molecule has 0 unspecified atom stereocenters. The van der Waals surface area contributed by atoms with Crippen molar-refractivity contribution in [2.75, 3.05) is 6.54 Å². The van der Waals surface area contributed by atoms with Gasteiger partial charge in [-0.1, -0.05) is 13.8 Å². The lowest BCUT2D eigenvalue weighted by Gasteiger charge is -2.05. The molecule has 7 nitrogen and oxygen atoms in total. The van der Waals surface area contributed by atoms with E-state index in [1.54, 1.807) is 7.05 Å². The molecule has 0 amide bonds. The highest BCUT2D eigenvalue weighted by Gasteiger charge is 2.07. The number of aromatic nitrogens is 6. The molecule has 0 spiro atoms. The molecule has 0 aromatic carbocycles. The van der Waals surface area contributed by atoms with Crippen molar-refractivity contribution >= 4 is 0 Å². The Morgan fingerprint density at radius 1 is 1.32 bits per heavy atom. The zero-order valence-corrected chi connectivity index (χ0v) is 12.0. The van der Waals surface area contributed by atoms with Crippen LogP contribution in [-0.2, 0) is 20.1 Å². The molecule has 0 fully saturated rings. The van der Waals surface area contributed by atoms with E-state index >= 15 is 0 Å². The Kier molecular flexibility index (Phi) is 4.26. The maximum absolute atomic E-state index is 4.47. The van der Waals surface area contributed by atoms with Crippen molar-refractivity contribution in [1.82, 2.24) is 35.3 Å². The SMILES string of the molecule is Cc1nn(Cc2nnn(C)n2)cc1CNCC(C)C. The van der Waals surface area contributed by atoms with Crippen LogP contribution in [0.15, 0.2) is 6.20 Å². The summed E-state index contributed by atoms with van der Waals surface area (Å²) in [5, 5.41) is 19.8. The fraction of sp³-hybridized carbons (Fsp3) is 0.667. The first-order valence-electron chi connectivity index (χ1n) is 6.51. The first-order chi connectivity index (χ1) is 9.04. The average molecular weight is 263 g/mol. The van der Waals surface area contributed by atoms with Crippen molar-refractivity contribution in [3.63, 3.8) is 0 Å². The molecule has 0 saturated heterocycles. The Hall–Kier alpha value is -1.76. The van der Waals surface area contributed by atoms with E-state index < -0.39 is 0 Å². The highest BCUT2D eigenvalue weighted by Crippen LogP contribution is 2.06. The smallest absolute Gasteiger partial charge is 0.196 e. The van der Waals surface area contributed by atoms with E-state index in [1.807, 2.05) is 17.8 Å². The molecule has 0 bridgehead atoms. The molecular formula is C12H21N7. The molecule has 1 N–H and O–H groups in total. The molecule has 2 heterocycles. The number of nitrogens with one attached hydrogen (secondary N) is 1. The fourth-order valence-electron chi connectivity index (χ4n) is 1.84. The van der Waals surface area contributed by atoms with Crippen LogP contribution in [0.5, 0.6) is 0 Å². The number of tetrazole rings is 1. The molecule has 7 heteroatoms. The van der Waals surface area contributed by atoms with E-state index in [4.69, 9.17) is 0 Å². The summed E-state index contributed by atoms with van der Waals surface area (Å²) in [6.07, 6.45) is 2.04. The van der Waals surface area contributed by atoms with E-state index in [1.165, 1.54) is 10.4 Å². The van der Waals surface area contributed by atoms with Crippen LogP contribution in [-0.4, -0.2) is 36.5 Å². The third-order valence-electron chi connectivity index (χ3n) is 2.77. The van der Waals surface area contributed by atoms with Gasteiger partial charge in [-0.2, -0.15) is 9.90 Å². The monoisotopic (exact) mass is 263 g/mol. The number of rotatable bonds is 6. The van der Waals surface area contributed by atoms with E-state index in [9.17, 15) is 0 Å². The Bertz CT molecular complexity index is 526. The summed E-state index contributed by atoms with van der Waals surface area (Å²) in [6, 6.07) is 0. The summed E-state index contributed by atoms with van der Waals surface area (Å²) in [6.45, 7) is 8.83. The van der Waals surface area contributed by atoms with Crippen LogP contribution >= 0.6 is 0 Å². The van der Waals surface area contributed by atoms with Crippen molar-refractivity contribution in [2.45, 2.75) is 33.9 Å². The van der Waals surface area contributed by atoms with Gasteiger partial charge in [0.05, 0.1) is 12.7 Å². The highest BCUT2D eigenvalue weighted by atomic mass is 15.6. The van der Waals surface area contributed by atoms with Gasteiger partial charge in [-0.25, -0.2) is 0 Å². The molecule has 0 aliphatic carbocycles.